The van der Waals surface area contributed by atoms with Crippen LogP contribution < -0.4 is 10.5 Å². The molecule has 4 heteroatoms. The number of para-hydroxylation sites is 1. The summed E-state index contributed by atoms with van der Waals surface area (Å²) < 4.78 is 7.99. The number of aryl methyl sites for hydroxylation is 1. The van der Waals surface area contributed by atoms with Crippen LogP contribution in [0.4, 0.5) is 0 Å². The quantitative estimate of drug-likeness (QED) is 0.843. The first-order valence-corrected chi connectivity index (χ1v) is 7.13. The first-order valence-electron chi connectivity index (χ1n) is 7.13. The SMILES string of the molecule is CCC(N)Cc1cccc(C)c1OCCn1ccnc1. The van der Waals surface area contributed by atoms with E-state index in [1.165, 1.54) is 5.56 Å². The van der Waals surface area contributed by atoms with Crippen molar-refractivity contribution in [2.45, 2.75) is 39.3 Å². The molecule has 1 aromatic carbocycles. The van der Waals surface area contributed by atoms with Gasteiger partial charge in [-0.25, -0.2) is 4.98 Å². The van der Waals surface area contributed by atoms with E-state index in [1.54, 1.807) is 12.5 Å². The van der Waals surface area contributed by atoms with Crippen LogP contribution in [0, 0.1) is 6.92 Å². The van der Waals surface area contributed by atoms with Crippen molar-refractivity contribution in [2.75, 3.05) is 6.61 Å². The standard InChI is InChI=1S/C16H23N3O/c1-3-15(17)11-14-6-4-5-13(2)16(14)20-10-9-19-8-7-18-12-19/h4-8,12,15H,3,9-11,17H2,1-2H3. The number of hydrogen-bond donors (Lipinski definition) is 1. The Bertz CT molecular complexity index is 523. The zero-order chi connectivity index (χ0) is 14.4. The third-order valence-corrected chi connectivity index (χ3v) is 3.45. The van der Waals surface area contributed by atoms with E-state index in [9.17, 15) is 0 Å². The molecule has 0 radical (unpaired) electrons. The van der Waals surface area contributed by atoms with E-state index in [0.717, 1.165) is 30.7 Å². The molecule has 0 aliphatic rings. The molecule has 0 amide bonds. The summed E-state index contributed by atoms with van der Waals surface area (Å²) in [5.41, 5.74) is 8.42. The maximum absolute atomic E-state index is 6.06. The van der Waals surface area contributed by atoms with Crippen LogP contribution in [0.2, 0.25) is 0 Å². The normalized spacial score (nSPS) is 12.3. The topological polar surface area (TPSA) is 53.1 Å². The molecule has 0 saturated heterocycles. The number of imidazole rings is 1. The summed E-state index contributed by atoms with van der Waals surface area (Å²) in [6.07, 6.45) is 7.35. The van der Waals surface area contributed by atoms with Gasteiger partial charge in [0, 0.05) is 18.4 Å². The van der Waals surface area contributed by atoms with Crippen molar-refractivity contribution < 1.29 is 4.74 Å². The molecule has 0 saturated carbocycles. The van der Waals surface area contributed by atoms with Crippen LogP contribution in [0.15, 0.2) is 36.9 Å². The molecule has 0 spiro atoms. The molecular weight excluding hydrogens is 250 g/mol. The molecule has 1 aromatic heterocycles. The first kappa shape index (κ1) is 14.6. The maximum Gasteiger partial charge on any atom is 0.125 e. The third-order valence-electron chi connectivity index (χ3n) is 3.45. The van der Waals surface area contributed by atoms with Crippen molar-refractivity contribution in [3.05, 3.63) is 48.0 Å². The van der Waals surface area contributed by atoms with E-state index in [0.29, 0.717) is 6.61 Å². The van der Waals surface area contributed by atoms with Crippen molar-refractivity contribution in [1.29, 1.82) is 0 Å². The average molecular weight is 273 g/mol. The smallest absolute Gasteiger partial charge is 0.125 e. The predicted octanol–water partition coefficient (Wildman–Crippen LogP) is 2.55. The summed E-state index contributed by atoms with van der Waals surface area (Å²) in [4.78, 5) is 4.02. The summed E-state index contributed by atoms with van der Waals surface area (Å²) in [5, 5.41) is 0. The fraction of sp³-hybridized carbons (Fsp3) is 0.438. The second kappa shape index (κ2) is 7.10. The Balaban J connectivity index is 2.01. The Labute approximate surface area is 120 Å². The lowest BCUT2D eigenvalue weighted by molar-refractivity contribution is 0.293. The lowest BCUT2D eigenvalue weighted by Crippen LogP contribution is -2.22. The highest BCUT2D eigenvalue weighted by Crippen LogP contribution is 2.24. The van der Waals surface area contributed by atoms with Crippen LogP contribution in [-0.4, -0.2) is 22.2 Å². The predicted molar refractivity (Wildman–Crippen MR) is 80.9 cm³/mol. The van der Waals surface area contributed by atoms with Gasteiger partial charge in [0.15, 0.2) is 0 Å². The molecule has 0 fully saturated rings. The van der Waals surface area contributed by atoms with Crippen molar-refractivity contribution >= 4 is 0 Å². The van der Waals surface area contributed by atoms with Gasteiger partial charge in [0.2, 0.25) is 0 Å². The van der Waals surface area contributed by atoms with Gasteiger partial charge in [-0.1, -0.05) is 25.1 Å². The highest BCUT2D eigenvalue weighted by Gasteiger charge is 2.10. The molecule has 2 aromatic rings. The lowest BCUT2D eigenvalue weighted by Gasteiger charge is -2.16. The molecule has 0 aliphatic heterocycles. The van der Waals surface area contributed by atoms with Crippen molar-refractivity contribution in [3.63, 3.8) is 0 Å². The van der Waals surface area contributed by atoms with Gasteiger partial charge in [0.1, 0.15) is 12.4 Å². The van der Waals surface area contributed by atoms with Gasteiger partial charge in [-0.3, -0.25) is 0 Å². The summed E-state index contributed by atoms with van der Waals surface area (Å²) in [6, 6.07) is 6.44. The summed E-state index contributed by atoms with van der Waals surface area (Å²) in [7, 11) is 0. The Morgan fingerprint density at radius 2 is 2.25 bits per heavy atom. The van der Waals surface area contributed by atoms with Crippen LogP contribution in [0.5, 0.6) is 5.75 Å². The highest BCUT2D eigenvalue weighted by atomic mass is 16.5. The Hall–Kier alpha value is -1.81. The number of hydrogen-bond acceptors (Lipinski definition) is 3. The van der Waals surface area contributed by atoms with Gasteiger partial charge in [-0.15, -0.1) is 0 Å². The lowest BCUT2D eigenvalue weighted by atomic mass is 10.0. The monoisotopic (exact) mass is 273 g/mol. The highest BCUT2D eigenvalue weighted by molar-refractivity contribution is 5.41. The number of rotatable bonds is 7. The van der Waals surface area contributed by atoms with Crippen molar-refractivity contribution in [1.82, 2.24) is 9.55 Å². The molecule has 0 bridgehead atoms. The largest absolute Gasteiger partial charge is 0.491 e. The van der Waals surface area contributed by atoms with Crippen LogP contribution >= 0.6 is 0 Å². The molecule has 4 nitrogen and oxygen atoms in total. The number of benzene rings is 1. The molecule has 1 atom stereocenters. The minimum Gasteiger partial charge on any atom is -0.491 e. The fourth-order valence-electron chi connectivity index (χ4n) is 2.18. The Morgan fingerprint density at radius 3 is 2.95 bits per heavy atom. The molecule has 20 heavy (non-hydrogen) atoms. The molecule has 108 valence electrons. The van der Waals surface area contributed by atoms with Crippen LogP contribution in [-0.2, 0) is 13.0 Å². The molecule has 1 unspecified atom stereocenters. The van der Waals surface area contributed by atoms with Gasteiger partial charge in [0.05, 0.1) is 12.9 Å². The molecular formula is C16H23N3O. The maximum atomic E-state index is 6.06. The van der Waals surface area contributed by atoms with E-state index in [1.807, 2.05) is 10.8 Å². The van der Waals surface area contributed by atoms with Gasteiger partial charge >= 0.3 is 0 Å². The average Bonchev–Trinajstić information content (AvgIpc) is 2.95. The number of ether oxygens (including phenoxy) is 1. The van der Waals surface area contributed by atoms with E-state index in [-0.39, 0.29) is 6.04 Å². The van der Waals surface area contributed by atoms with E-state index >= 15 is 0 Å². The van der Waals surface area contributed by atoms with Gasteiger partial charge in [-0.05, 0) is 30.9 Å². The zero-order valence-electron chi connectivity index (χ0n) is 12.2. The first-order chi connectivity index (χ1) is 9.70. The molecule has 2 N–H and O–H groups in total. The van der Waals surface area contributed by atoms with Crippen molar-refractivity contribution in [3.8, 4) is 5.75 Å². The Kier molecular flexibility index (Phi) is 5.18. The van der Waals surface area contributed by atoms with E-state index in [2.05, 4.69) is 37.0 Å². The zero-order valence-corrected chi connectivity index (χ0v) is 12.2. The second-order valence-electron chi connectivity index (χ2n) is 5.08. The second-order valence-corrected chi connectivity index (χ2v) is 5.08. The number of nitrogens with two attached hydrogens (primary N) is 1. The number of nitrogens with zero attached hydrogens (tertiary/aromatic N) is 2. The number of aromatic nitrogens is 2. The van der Waals surface area contributed by atoms with Crippen LogP contribution in [0.1, 0.15) is 24.5 Å². The molecule has 0 aliphatic carbocycles. The van der Waals surface area contributed by atoms with E-state index < -0.39 is 0 Å². The van der Waals surface area contributed by atoms with Gasteiger partial charge < -0.3 is 15.0 Å². The summed E-state index contributed by atoms with van der Waals surface area (Å²) >= 11 is 0. The van der Waals surface area contributed by atoms with Gasteiger partial charge in [-0.2, -0.15) is 0 Å². The van der Waals surface area contributed by atoms with Crippen molar-refractivity contribution in [2.24, 2.45) is 5.73 Å². The van der Waals surface area contributed by atoms with Gasteiger partial charge in [0.25, 0.3) is 0 Å². The van der Waals surface area contributed by atoms with Crippen LogP contribution in [0.25, 0.3) is 0 Å². The fourth-order valence-corrected chi connectivity index (χ4v) is 2.18. The third kappa shape index (κ3) is 3.84. The summed E-state index contributed by atoms with van der Waals surface area (Å²) in [6.45, 7) is 5.62. The Morgan fingerprint density at radius 1 is 1.40 bits per heavy atom. The molecule has 2 rings (SSSR count). The minimum absolute atomic E-state index is 0.188. The van der Waals surface area contributed by atoms with E-state index in [4.69, 9.17) is 10.5 Å². The van der Waals surface area contributed by atoms with Crippen LogP contribution in [0.3, 0.4) is 0 Å². The minimum atomic E-state index is 0.188. The molecule has 1 heterocycles. The summed E-state index contributed by atoms with van der Waals surface area (Å²) in [5.74, 6) is 0.983.